The zero-order valence-electron chi connectivity index (χ0n) is 8.71. The van der Waals surface area contributed by atoms with E-state index in [2.05, 4.69) is 10.6 Å². The topological polar surface area (TPSA) is 95.5 Å². The molecule has 0 fully saturated rings. The van der Waals surface area contributed by atoms with Gasteiger partial charge in [0.05, 0.1) is 0 Å². The molecule has 15 heavy (non-hydrogen) atoms. The van der Waals surface area contributed by atoms with Crippen molar-refractivity contribution in [2.45, 2.75) is 26.2 Å². The van der Waals surface area contributed by atoms with E-state index in [1.165, 1.54) is 0 Å². The third-order valence-electron chi connectivity index (χ3n) is 1.56. The fraction of sp³-hybridized carbons (Fsp3) is 0.667. The maximum absolute atomic E-state index is 11.0. The molecule has 0 rings (SSSR count). The van der Waals surface area contributed by atoms with Crippen LogP contribution in [0.25, 0.3) is 0 Å². The maximum Gasteiger partial charge on any atom is 0.312 e. The van der Waals surface area contributed by atoms with E-state index in [0.717, 1.165) is 6.42 Å². The maximum atomic E-state index is 11.0. The smallest absolute Gasteiger partial charge is 0.312 e. The van der Waals surface area contributed by atoms with Gasteiger partial charge in [-0.15, -0.1) is 0 Å². The summed E-state index contributed by atoms with van der Waals surface area (Å²) in [4.78, 5) is 32.0. The second-order valence-corrected chi connectivity index (χ2v) is 3.02. The van der Waals surface area contributed by atoms with Gasteiger partial charge in [-0.3, -0.25) is 14.4 Å². The van der Waals surface area contributed by atoms with Crippen LogP contribution >= 0.6 is 0 Å². The monoisotopic (exact) mass is 216 g/mol. The zero-order valence-corrected chi connectivity index (χ0v) is 8.71. The molecule has 0 saturated carbocycles. The molecule has 0 aliphatic heterocycles. The third kappa shape index (κ3) is 8.73. The minimum atomic E-state index is -1.18. The summed E-state index contributed by atoms with van der Waals surface area (Å²) in [5.74, 6) is -1.90. The normalized spacial score (nSPS) is 9.40. The van der Waals surface area contributed by atoms with Gasteiger partial charge in [0.2, 0.25) is 11.8 Å². The molecule has 0 unspecified atom stereocenters. The molecule has 2 amide bonds. The molecule has 0 heterocycles. The number of carboxylic acid groups (broad SMARTS) is 1. The van der Waals surface area contributed by atoms with Crippen LogP contribution in [0.15, 0.2) is 0 Å². The second kappa shape index (κ2) is 7.78. The number of carboxylic acids is 1. The molecule has 3 N–H and O–H groups in total. The van der Waals surface area contributed by atoms with Gasteiger partial charge >= 0.3 is 5.97 Å². The van der Waals surface area contributed by atoms with E-state index in [1.807, 2.05) is 6.92 Å². The van der Waals surface area contributed by atoms with Crippen molar-refractivity contribution in [2.24, 2.45) is 0 Å². The van der Waals surface area contributed by atoms with E-state index in [9.17, 15) is 14.4 Å². The Kier molecular flexibility index (Phi) is 6.96. The summed E-state index contributed by atoms with van der Waals surface area (Å²) < 4.78 is 0. The van der Waals surface area contributed by atoms with Crippen molar-refractivity contribution in [1.29, 1.82) is 0 Å². The molecule has 86 valence electrons. The van der Waals surface area contributed by atoms with E-state index in [1.54, 1.807) is 0 Å². The molecular weight excluding hydrogens is 200 g/mol. The zero-order chi connectivity index (χ0) is 11.7. The summed E-state index contributed by atoms with van der Waals surface area (Å²) >= 11 is 0. The van der Waals surface area contributed by atoms with Gasteiger partial charge in [0, 0.05) is 19.5 Å². The molecule has 0 aromatic carbocycles. The van der Waals surface area contributed by atoms with Gasteiger partial charge in [0.1, 0.15) is 6.42 Å². The van der Waals surface area contributed by atoms with Gasteiger partial charge in [-0.05, 0) is 6.42 Å². The molecule has 0 atom stereocenters. The molecule has 0 bridgehead atoms. The molecule has 0 aliphatic carbocycles. The molecule has 0 aromatic rings. The lowest BCUT2D eigenvalue weighted by Gasteiger charge is -2.04. The van der Waals surface area contributed by atoms with Gasteiger partial charge < -0.3 is 15.7 Å². The molecule has 0 aliphatic rings. The number of carbonyl (C=O) groups is 3. The first-order valence-corrected chi connectivity index (χ1v) is 4.81. The second-order valence-electron chi connectivity index (χ2n) is 3.02. The van der Waals surface area contributed by atoms with E-state index < -0.39 is 18.3 Å². The highest BCUT2D eigenvalue weighted by atomic mass is 16.4. The van der Waals surface area contributed by atoms with Crippen LogP contribution in [0.3, 0.4) is 0 Å². The Morgan fingerprint density at radius 1 is 1.07 bits per heavy atom. The average Bonchev–Trinajstić information content (AvgIpc) is 2.13. The number of rotatable bonds is 7. The Balaban J connectivity index is 3.48. The van der Waals surface area contributed by atoms with Crippen molar-refractivity contribution in [1.82, 2.24) is 10.6 Å². The van der Waals surface area contributed by atoms with Crippen LogP contribution in [0.4, 0.5) is 0 Å². The summed E-state index contributed by atoms with van der Waals surface area (Å²) in [5.41, 5.74) is 0. The molecule has 0 spiro atoms. The fourth-order valence-corrected chi connectivity index (χ4v) is 0.868. The van der Waals surface area contributed by atoms with Gasteiger partial charge in [-0.1, -0.05) is 6.92 Å². The highest BCUT2D eigenvalue weighted by Gasteiger charge is 2.07. The van der Waals surface area contributed by atoms with Crippen LogP contribution in [0.5, 0.6) is 0 Å². The van der Waals surface area contributed by atoms with E-state index in [4.69, 9.17) is 5.11 Å². The lowest BCUT2D eigenvalue weighted by Crippen LogP contribution is -2.31. The number of hydrogen-bond acceptors (Lipinski definition) is 3. The first-order valence-electron chi connectivity index (χ1n) is 4.81. The number of nitrogens with one attached hydrogen (secondary N) is 2. The van der Waals surface area contributed by atoms with Crippen molar-refractivity contribution in [3.63, 3.8) is 0 Å². The van der Waals surface area contributed by atoms with Crippen LogP contribution in [-0.4, -0.2) is 36.0 Å². The Morgan fingerprint density at radius 3 is 2.20 bits per heavy atom. The Morgan fingerprint density at radius 2 is 1.67 bits per heavy atom. The van der Waals surface area contributed by atoms with Gasteiger partial charge in [0.25, 0.3) is 0 Å². The average molecular weight is 216 g/mol. The SMILES string of the molecule is CCCNC(=O)CCNC(=O)CC(=O)O. The van der Waals surface area contributed by atoms with Gasteiger partial charge in [-0.25, -0.2) is 0 Å². The summed E-state index contributed by atoms with van der Waals surface area (Å²) in [6.07, 6.45) is 0.471. The van der Waals surface area contributed by atoms with Crippen LogP contribution in [-0.2, 0) is 14.4 Å². The Hall–Kier alpha value is -1.59. The lowest BCUT2D eigenvalue weighted by molar-refractivity contribution is -0.140. The Labute approximate surface area is 88.0 Å². The van der Waals surface area contributed by atoms with E-state index >= 15 is 0 Å². The predicted octanol–water partition coefficient (Wildman–Crippen LogP) is -0.506. The molecular formula is C9H16N2O4. The van der Waals surface area contributed by atoms with Crippen molar-refractivity contribution in [2.75, 3.05) is 13.1 Å². The van der Waals surface area contributed by atoms with Crippen LogP contribution in [0.2, 0.25) is 0 Å². The summed E-state index contributed by atoms with van der Waals surface area (Å²) in [6.45, 7) is 2.72. The van der Waals surface area contributed by atoms with E-state index in [-0.39, 0.29) is 18.9 Å². The molecule has 0 saturated heterocycles. The fourth-order valence-electron chi connectivity index (χ4n) is 0.868. The van der Waals surface area contributed by atoms with E-state index in [0.29, 0.717) is 6.54 Å². The predicted molar refractivity (Wildman–Crippen MR) is 53.2 cm³/mol. The number of hydrogen-bond donors (Lipinski definition) is 3. The summed E-state index contributed by atoms with van der Waals surface area (Å²) in [7, 11) is 0. The largest absolute Gasteiger partial charge is 0.481 e. The minimum absolute atomic E-state index is 0.146. The number of amides is 2. The first kappa shape index (κ1) is 13.4. The standard InChI is InChI=1S/C9H16N2O4/c1-2-4-10-7(12)3-5-11-8(13)6-9(14)15/h2-6H2,1H3,(H,10,12)(H,11,13)(H,14,15). The van der Waals surface area contributed by atoms with Crippen LogP contribution in [0.1, 0.15) is 26.2 Å². The summed E-state index contributed by atoms with van der Waals surface area (Å²) in [5, 5.41) is 13.2. The van der Waals surface area contributed by atoms with Gasteiger partial charge in [0.15, 0.2) is 0 Å². The summed E-state index contributed by atoms with van der Waals surface area (Å²) in [6, 6.07) is 0. The van der Waals surface area contributed by atoms with Crippen LogP contribution < -0.4 is 10.6 Å². The lowest BCUT2D eigenvalue weighted by atomic mass is 10.3. The van der Waals surface area contributed by atoms with Crippen molar-refractivity contribution in [3.05, 3.63) is 0 Å². The molecule has 6 heteroatoms. The number of aliphatic carboxylic acids is 1. The Bertz CT molecular complexity index is 240. The van der Waals surface area contributed by atoms with Crippen molar-refractivity contribution in [3.8, 4) is 0 Å². The van der Waals surface area contributed by atoms with Gasteiger partial charge in [-0.2, -0.15) is 0 Å². The number of carbonyl (C=O) groups excluding carboxylic acids is 2. The van der Waals surface area contributed by atoms with Crippen molar-refractivity contribution < 1.29 is 19.5 Å². The molecule has 0 aromatic heterocycles. The minimum Gasteiger partial charge on any atom is -0.481 e. The highest BCUT2D eigenvalue weighted by molar-refractivity contribution is 5.93. The molecule has 0 radical (unpaired) electrons. The van der Waals surface area contributed by atoms with Crippen LogP contribution in [0, 0.1) is 0 Å². The van der Waals surface area contributed by atoms with Crippen molar-refractivity contribution >= 4 is 17.8 Å². The highest BCUT2D eigenvalue weighted by Crippen LogP contribution is 1.82. The third-order valence-corrected chi connectivity index (χ3v) is 1.56. The quantitative estimate of drug-likeness (QED) is 0.499. The molecule has 6 nitrogen and oxygen atoms in total. The first-order chi connectivity index (χ1) is 7.06.